The van der Waals surface area contributed by atoms with Crippen LogP contribution in [-0.2, 0) is 11.3 Å². The lowest BCUT2D eigenvalue weighted by Gasteiger charge is -2.28. The van der Waals surface area contributed by atoms with Crippen molar-refractivity contribution in [3.05, 3.63) is 16.3 Å². The third kappa shape index (κ3) is 2.22. The lowest BCUT2D eigenvalue weighted by atomic mass is 10.1. The van der Waals surface area contributed by atoms with Gasteiger partial charge in [-0.05, 0) is 30.2 Å². The van der Waals surface area contributed by atoms with E-state index in [-0.39, 0.29) is 11.9 Å². The lowest BCUT2D eigenvalue weighted by Crippen LogP contribution is -2.43. The first-order valence-electron chi connectivity index (χ1n) is 5.84. The van der Waals surface area contributed by atoms with Gasteiger partial charge in [-0.15, -0.1) is 11.3 Å². The molecular weight excluding hydrogens is 302 g/mol. The summed E-state index contributed by atoms with van der Waals surface area (Å²) >= 11 is 4.95. The molecule has 1 aromatic heterocycles. The molecule has 0 spiro atoms. The standard InChI is InChI=1S/C12H14BrNO2S/c13-5-12(15)14-6-11-10(3-4-17-11)16-7-9(14)8-1-2-8/h3-4,8-9H,1-2,5-7H2/t9-/m0/s1. The number of nitrogens with zero attached hydrogens (tertiary/aromatic N) is 1. The topological polar surface area (TPSA) is 29.5 Å². The molecule has 17 heavy (non-hydrogen) atoms. The molecule has 0 unspecified atom stereocenters. The van der Waals surface area contributed by atoms with Crippen LogP contribution in [0.2, 0.25) is 0 Å². The van der Waals surface area contributed by atoms with E-state index in [1.165, 1.54) is 17.7 Å². The number of hydrogen-bond acceptors (Lipinski definition) is 3. The van der Waals surface area contributed by atoms with Crippen molar-refractivity contribution in [1.29, 1.82) is 0 Å². The van der Waals surface area contributed by atoms with Gasteiger partial charge in [-0.1, -0.05) is 15.9 Å². The number of carbonyl (C=O) groups is 1. The van der Waals surface area contributed by atoms with Crippen LogP contribution in [0.25, 0.3) is 0 Å². The van der Waals surface area contributed by atoms with Gasteiger partial charge >= 0.3 is 0 Å². The first-order chi connectivity index (χ1) is 8.29. The molecule has 1 amide bonds. The van der Waals surface area contributed by atoms with Crippen molar-refractivity contribution in [3.63, 3.8) is 0 Å². The van der Waals surface area contributed by atoms with E-state index in [0.29, 0.717) is 24.4 Å². The highest BCUT2D eigenvalue weighted by atomic mass is 79.9. The van der Waals surface area contributed by atoms with E-state index < -0.39 is 0 Å². The van der Waals surface area contributed by atoms with Gasteiger partial charge in [-0.25, -0.2) is 0 Å². The second-order valence-electron chi connectivity index (χ2n) is 4.58. The highest BCUT2D eigenvalue weighted by Gasteiger charge is 2.39. The summed E-state index contributed by atoms with van der Waals surface area (Å²) in [7, 11) is 0. The number of carbonyl (C=O) groups excluding carboxylic acids is 1. The van der Waals surface area contributed by atoms with Gasteiger partial charge in [0, 0.05) is 0 Å². The Morgan fingerprint density at radius 3 is 3.12 bits per heavy atom. The van der Waals surface area contributed by atoms with Crippen LogP contribution in [0.3, 0.4) is 0 Å². The molecule has 0 bridgehead atoms. The monoisotopic (exact) mass is 315 g/mol. The first kappa shape index (κ1) is 11.5. The van der Waals surface area contributed by atoms with Crippen LogP contribution in [0.15, 0.2) is 11.4 Å². The maximum atomic E-state index is 12.0. The van der Waals surface area contributed by atoms with Crippen LogP contribution >= 0.6 is 27.3 Å². The summed E-state index contributed by atoms with van der Waals surface area (Å²) in [5, 5.41) is 2.43. The van der Waals surface area contributed by atoms with Crippen LogP contribution in [0.5, 0.6) is 5.75 Å². The predicted molar refractivity (Wildman–Crippen MR) is 70.7 cm³/mol. The summed E-state index contributed by atoms with van der Waals surface area (Å²) in [6.45, 7) is 1.35. The Morgan fingerprint density at radius 1 is 1.59 bits per heavy atom. The van der Waals surface area contributed by atoms with Gasteiger partial charge < -0.3 is 9.64 Å². The summed E-state index contributed by atoms with van der Waals surface area (Å²) in [5.74, 6) is 1.78. The zero-order valence-electron chi connectivity index (χ0n) is 9.39. The van der Waals surface area contributed by atoms with Crippen LogP contribution in [0.1, 0.15) is 17.7 Å². The van der Waals surface area contributed by atoms with E-state index in [2.05, 4.69) is 15.9 Å². The molecule has 1 atom stereocenters. The minimum Gasteiger partial charge on any atom is -0.490 e. The molecule has 1 aliphatic heterocycles. The zero-order valence-corrected chi connectivity index (χ0v) is 11.8. The van der Waals surface area contributed by atoms with Gasteiger partial charge in [-0.3, -0.25) is 4.79 Å². The van der Waals surface area contributed by atoms with Crippen molar-refractivity contribution in [2.75, 3.05) is 11.9 Å². The Kier molecular flexibility index (Phi) is 3.13. The minimum absolute atomic E-state index is 0.173. The third-order valence-corrected chi connectivity index (χ3v) is 4.80. The number of halogens is 1. The largest absolute Gasteiger partial charge is 0.490 e. The van der Waals surface area contributed by atoms with Crippen LogP contribution < -0.4 is 4.74 Å². The van der Waals surface area contributed by atoms with Crippen molar-refractivity contribution < 1.29 is 9.53 Å². The average molecular weight is 316 g/mol. The van der Waals surface area contributed by atoms with Crippen LogP contribution in [0.4, 0.5) is 0 Å². The molecule has 1 aromatic rings. The molecule has 0 aromatic carbocycles. The minimum atomic E-state index is 0.173. The summed E-state index contributed by atoms with van der Waals surface area (Å²) in [5.41, 5.74) is 0. The van der Waals surface area contributed by atoms with E-state index in [4.69, 9.17) is 4.74 Å². The van der Waals surface area contributed by atoms with Crippen LogP contribution in [-0.4, -0.2) is 28.8 Å². The van der Waals surface area contributed by atoms with E-state index in [9.17, 15) is 4.79 Å². The highest BCUT2D eigenvalue weighted by Crippen LogP contribution is 2.39. The van der Waals surface area contributed by atoms with E-state index in [1.807, 2.05) is 16.3 Å². The average Bonchev–Trinajstić information content (AvgIpc) is 3.11. The predicted octanol–water partition coefficient (Wildman–Crippen LogP) is 2.64. The van der Waals surface area contributed by atoms with Crippen molar-refractivity contribution >= 4 is 33.2 Å². The molecule has 1 fully saturated rings. The normalized spacial score (nSPS) is 23.8. The number of hydrogen-bond donors (Lipinski definition) is 0. The second-order valence-corrected chi connectivity index (χ2v) is 6.14. The summed E-state index contributed by atoms with van der Waals surface area (Å²) in [6.07, 6.45) is 2.46. The van der Waals surface area contributed by atoms with E-state index in [1.54, 1.807) is 11.3 Å². The number of amides is 1. The fourth-order valence-corrected chi connectivity index (χ4v) is 3.47. The van der Waals surface area contributed by atoms with E-state index in [0.717, 1.165) is 5.75 Å². The molecule has 2 heterocycles. The molecule has 1 aliphatic carbocycles. The van der Waals surface area contributed by atoms with Crippen molar-refractivity contribution in [2.45, 2.75) is 25.4 Å². The summed E-state index contributed by atoms with van der Waals surface area (Å²) in [4.78, 5) is 15.2. The highest BCUT2D eigenvalue weighted by molar-refractivity contribution is 9.09. The van der Waals surface area contributed by atoms with Gasteiger partial charge in [0.15, 0.2) is 0 Å². The first-order valence-corrected chi connectivity index (χ1v) is 7.84. The maximum Gasteiger partial charge on any atom is 0.233 e. The number of fused-ring (bicyclic) bond motifs is 1. The number of rotatable bonds is 2. The Bertz CT molecular complexity index is 430. The molecule has 3 rings (SSSR count). The van der Waals surface area contributed by atoms with Gasteiger partial charge in [0.25, 0.3) is 0 Å². The van der Waals surface area contributed by atoms with Gasteiger partial charge in [0.2, 0.25) is 5.91 Å². The maximum absolute atomic E-state index is 12.0. The fraction of sp³-hybridized carbons (Fsp3) is 0.583. The Balaban J connectivity index is 1.87. The molecule has 0 N–H and O–H groups in total. The van der Waals surface area contributed by atoms with Crippen molar-refractivity contribution in [1.82, 2.24) is 4.90 Å². The smallest absolute Gasteiger partial charge is 0.233 e. The summed E-state index contributed by atoms with van der Waals surface area (Å²) in [6, 6.07) is 2.27. The Labute approximate surface area is 113 Å². The second kappa shape index (κ2) is 4.61. The van der Waals surface area contributed by atoms with Crippen molar-refractivity contribution in [3.8, 4) is 5.75 Å². The zero-order chi connectivity index (χ0) is 11.8. The van der Waals surface area contributed by atoms with Gasteiger partial charge in [-0.2, -0.15) is 0 Å². The number of thiophene rings is 1. The molecule has 5 heteroatoms. The fourth-order valence-electron chi connectivity index (χ4n) is 2.33. The molecule has 0 saturated heterocycles. The van der Waals surface area contributed by atoms with E-state index >= 15 is 0 Å². The summed E-state index contributed by atoms with van der Waals surface area (Å²) < 4.78 is 5.83. The SMILES string of the molecule is O=C(CBr)N1Cc2sccc2OC[C@H]1C1CC1. The van der Waals surface area contributed by atoms with Crippen molar-refractivity contribution in [2.24, 2.45) is 5.92 Å². The third-order valence-electron chi connectivity index (χ3n) is 3.43. The molecule has 0 radical (unpaired) electrons. The number of ether oxygens (including phenoxy) is 1. The Morgan fingerprint density at radius 2 is 2.41 bits per heavy atom. The molecular formula is C12H14BrNO2S. The van der Waals surface area contributed by atoms with Gasteiger partial charge in [0.1, 0.15) is 12.4 Å². The number of alkyl halides is 1. The molecule has 3 nitrogen and oxygen atoms in total. The van der Waals surface area contributed by atoms with Gasteiger partial charge in [0.05, 0.1) is 22.8 Å². The lowest BCUT2D eigenvalue weighted by molar-refractivity contribution is -0.132. The quantitative estimate of drug-likeness (QED) is 0.785. The Hall–Kier alpha value is -0.550. The van der Waals surface area contributed by atoms with Crippen LogP contribution in [0, 0.1) is 5.92 Å². The molecule has 1 saturated carbocycles. The molecule has 2 aliphatic rings. The molecule has 92 valence electrons.